The fourth-order valence-corrected chi connectivity index (χ4v) is 1.69. The molecule has 0 bridgehead atoms. The van der Waals surface area contributed by atoms with E-state index in [2.05, 4.69) is 13.2 Å². The molecule has 0 saturated carbocycles. The van der Waals surface area contributed by atoms with Gasteiger partial charge in [-0.2, -0.15) is 0 Å². The Balaban J connectivity index is 2.77. The molecular weight excluding hydrogens is 264 g/mol. The summed E-state index contributed by atoms with van der Waals surface area (Å²) in [6, 6.07) is 0. The lowest BCUT2D eigenvalue weighted by Crippen LogP contribution is -2.45. The molecule has 110 valence electrons. The van der Waals surface area contributed by atoms with Gasteiger partial charge in [0.1, 0.15) is 19.0 Å². The van der Waals surface area contributed by atoms with Crippen molar-refractivity contribution >= 4 is 18.0 Å². The van der Waals surface area contributed by atoms with Crippen LogP contribution in [0.5, 0.6) is 0 Å². The largest absolute Gasteiger partial charge is 0.444 e. The SMILES string of the molecule is C=CCOC(=O)N1CC(C(C)=O)CN1C(=O)OCC=C. The van der Waals surface area contributed by atoms with Crippen molar-refractivity contribution in [3.8, 4) is 0 Å². The first kappa shape index (κ1) is 15.7. The zero-order valence-corrected chi connectivity index (χ0v) is 11.4. The highest BCUT2D eigenvalue weighted by Crippen LogP contribution is 2.19. The number of hydrogen-bond acceptors (Lipinski definition) is 5. The average molecular weight is 282 g/mol. The van der Waals surface area contributed by atoms with Gasteiger partial charge in [-0.05, 0) is 6.92 Å². The van der Waals surface area contributed by atoms with Gasteiger partial charge in [-0.3, -0.25) is 4.79 Å². The molecule has 7 nitrogen and oxygen atoms in total. The number of carbonyl (C=O) groups is 3. The number of hydrogen-bond donors (Lipinski definition) is 0. The van der Waals surface area contributed by atoms with Crippen LogP contribution in [0, 0.1) is 5.92 Å². The maximum atomic E-state index is 11.8. The molecule has 0 unspecified atom stereocenters. The lowest BCUT2D eigenvalue weighted by atomic mass is 10.1. The Morgan fingerprint density at radius 2 is 1.45 bits per heavy atom. The van der Waals surface area contributed by atoms with Gasteiger partial charge in [0, 0.05) is 0 Å². The van der Waals surface area contributed by atoms with E-state index in [1.165, 1.54) is 19.1 Å². The van der Waals surface area contributed by atoms with Crippen molar-refractivity contribution in [3.63, 3.8) is 0 Å². The van der Waals surface area contributed by atoms with Crippen LogP contribution in [0.3, 0.4) is 0 Å². The second kappa shape index (κ2) is 7.32. The minimum absolute atomic E-state index is 0.0234. The summed E-state index contributed by atoms with van der Waals surface area (Å²) in [7, 11) is 0. The molecule has 20 heavy (non-hydrogen) atoms. The van der Waals surface area contributed by atoms with Crippen LogP contribution in [0.15, 0.2) is 25.3 Å². The normalized spacial score (nSPS) is 14.8. The fraction of sp³-hybridized carbons (Fsp3) is 0.462. The molecule has 0 aromatic carbocycles. The third-order valence-electron chi connectivity index (χ3n) is 2.72. The van der Waals surface area contributed by atoms with E-state index in [1.54, 1.807) is 0 Å². The van der Waals surface area contributed by atoms with Crippen LogP contribution in [0.4, 0.5) is 9.59 Å². The Kier molecular flexibility index (Phi) is 5.76. The summed E-state index contributed by atoms with van der Waals surface area (Å²) < 4.78 is 9.75. The Hall–Kier alpha value is -2.31. The molecule has 1 heterocycles. The third-order valence-corrected chi connectivity index (χ3v) is 2.72. The van der Waals surface area contributed by atoms with Gasteiger partial charge in [0.05, 0.1) is 19.0 Å². The van der Waals surface area contributed by atoms with Crippen molar-refractivity contribution < 1.29 is 23.9 Å². The molecular formula is C13H18N2O5. The molecule has 0 aromatic rings. The molecule has 0 aromatic heterocycles. The number of ketones is 1. The summed E-state index contributed by atoms with van der Waals surface area (Å²) in [4.78, 5) is 35.1. The van der Waals surface area contributed by atoms with Crippen molar-refractivity contribution in [3.05, 3.63) is 25.3 Å². The van der Waals surface area contributed by atoms with Crippen molar-refractivity contribution in [1.29, 1.82) is 0 Å². The Labute approximate surface area is 117 Å². The number of amides is 2. The predicted octanol–water partition coefficient (Wildman–Crippen LogP) is 1.37. The van der Waals surface area contributed by atoms with Gasteiger partial charge in [-0.1, -0.05) is 25.3 Å². The van der Waals surface area contributed by atoms with E-state index in [1.807, 2.05) is 0 Å². The van der Waals surface area contributed by atoms with Crippen molar-refractivity contribution in [2.24, 2.45) is 5.92 Å². The molecule has 0 N–H and O–H groups in total. The number of ether oxygens (including phenoxy) is 2. The minimum Gasteiger partial charge on any atom is -0.444 e. The second-order valence-electron chi connectivity index (χ2n) is 4.20. The van der Waals surface area contributed by atoms with E-state index in [4.69, 9.17) is 9.47 Å². The Morgan fingerprint density at radius 3 is 1.75 bits per heavy atom. The molecule has 2 amide bonds. The summed E-state index contributed by atoms with van der Waals surface area (Å²) >= 11 is 0. The maximum Gasteiger partial charge on any atom is 0.429 e. The maximum absolute atomic E-state index is 11.8. The van der Waals surface area contributed by atoms with E-state index >= 15 is 0 Å². The van der Waals surface area contributed by atoms with Crippen LogP contribution in [0.2, 0.25) is 0 Å². The molecule has 7 heteroatoms. The van der Waals surface area contributed by atoms with E-state index in [0.29, 0.717) is 0 Å². The first-order valence-electron chi connectivity index (χ1n) is 6.12. The van der Waals surface area contributed by atoms with E-state index < -0.39 is 18.1 Å². The second-order valence-corrected chi connectivity index (χ2v) is 4.20. The summed E-state index contributed by atoms with van der Waals surface area (Å²) in [5.74, 6) is -0.548. The van der Waals surface area contributed by atoms with Crippen LogP contribution in [0.25, 0.3) is 0 Å². The van der Waals surface area contributed by atoms with Gasteiger partial charge >= 0.3 is 12.2 Å². The van der Waals surface area contributed by atoms with Crippen LogP contribution >= 0.6 is 0 Å². The number of nitrogens with zero attached hydrogens (tertiary/aromatic N) is 2. The molecule has 0 spiro atoms. The highest BCUT2D eigenvalue weighted by atomic mass is 16.6. The predicted molar refractivity (Wildman–Crippen MR) is 70.7 cm³/mol. The van der Waals surface area contributed by atoms with Crippen LogP contribution < -0.4 is 0 Å². The van der Waals surface area contributed by atoms with Crippen LogP contribution in [-0.4, -0.2) is 54.3 Å². The zero-order valence-electron chi connectivity index (χ0n) is 11.4. The van der Waals surface area contributed by atoms with Gasteiger partial charge in [0.2, 0.25) is 0 Å². The first-order valence-corrected chi connectivity index (χ1v) is 6.12. The molecule has 0 aliphatic carbocycles. The van der Waals surface area contributed by atoms with Crippen molar-refractivity contribution in [2.45, 2.75) is 6.92 Å². The van der Waals surface area contributed by atoms with Crippen molar-refractivity contribution in [1.82, 2.24) is 10.0 Å². The number of carbonyl (C=O) groups excluding carboxylic acids is 3. The molecule has 1 aliphatic rings. The smallest absolute Gasteiger partial charge is 0.429 e. The van der Waals surface area contributed by atoms with Gasteiger partial charge in [-0.25, -0.2) is 19.6 Å². The average Bonchev–Trinajstić information content (AvgIpc) is 2.87. The summed E-state index contributed by atoms with van der Waals surface area (Å²) in [5, 5.41) is 2.14. The van der Waals surface area contributed by atoms with Crippen LogP contribution in [0.1, 0.15) is 6.92 Å². The highest BCUT2D eigenvalue weighted by Gasteiger charge is 2.40. The third kappa shape index (κ3) is 3.84. The molecule has 1 aliphatic heterocycles. The summed E-state index contributed by atoms with van der Waals surface area (Å²) in [6.45, 7) is 8.51. The van der Waals surface area contributed by atoms with Gasteiger partial charge in [0.15, 0.2) is 0 Å². The molecule has 1 fully saturated rings. The topological polar surface area (TPSA) is 76.2 Å². The van der Waals surface area contributed by atoms with E-state index in [-0.39, 0.29) is 32.1 Å². The Morgan fingerprint density at radius 1 is 1.05 bits per heavy atom. The quantitative estimate of drug-likeness (QED) is 0.712. The van der Waals surface area contributed by atoms with Crippen molar-refractivity contribution in [2.75, 3.05) is 26.3 Å². The molecule has 1 rings (SSSR count). The highest BCUT2D eigenvalue weighted by molar-refractivity contribution is 5.82. The zero-order chi connectivity index (χ0) is 15.1. The van der Waals surface area contributed by atoms with Gasteiger partial charge < -0.3 is 9.47 Å². The molecule has 1 saturated heterocycles. The van der Waals surface area contributed by atoms with E-state index in [9.17, 15) is 14.4 Å². The summed E-state index contributed by atoms with van der Waals surface area (Å²) in [5.41, 5.74) is 0. The number of rotatable bonds is 5. The first-order chi connectivity index (χ1) is 9.51. The van der Waals surface area contributed by atoms with E-state index in [0.717, 1.165) is 10.0 Å². The lowest BCUT2D eigenvalue weighted by molar-refractivity contribution is -0.120. The fourth-order valence-electron chi connectivity index (χ4n) is 1.69. The van der Waals surface area contributed by atoms with Gasteiger partial charge in [0.25, 0.3) is 0 Å². The number of hydrazine groups is 1. The monoisotopic (exact) mass is 282 g/mol. The molecule has 0 atom stereocenters. The number of Topliss-reactive ketones (excluding diaryl/α,β-unsaturated/α-hetero) is 1. The molecule has 0 radical (unpaired) electrons. The standard InChI is InChI=1S/C13H18N2O5/c1-4-6-19-12(17)14-8-11(10(3)16)9-15(14)13(18)20-7-5-2/h4-5,11H,1-2,6-9H2,3H3. The Bertz CT molecular complexity index is 389. The van der Waals surface area contributed by atoms with Gasteiger partial charge in [-0.15, -0.1) is 0 Å². The minimum atomic E-state index is -0.718. The van der Waals surface area contributed by atoms with Crippen LogP contribution in [-0.2, 0) is 14.3 Å². The summed E-state index contributed by atoms with van der Waals surface area (Å²) in [6.07, 6.45) is 1.39. The lowest BCUT2D eigenvalue weighted by Gasteiger charge is -2.25.